The van der Waals surface area contributed by atoms with Crippen LogP contribution in [-0.2, 0) is 6.42 Å². The molecule has 3 N–H and O–H groups in total. The van der Waals surface area contributed by atoms with Crippen molar-refractivity contribution in [1.82, 2.24) is 5.43 Å². The number of hydrogen-bond acceptors (Lipinski definition) is 2. The minimum atomic E-state index is -0.221. The van der Waals surface area contributed by atoms with E-state index in [4.69, 9.17) is 5.84 Å². The lowest BCUT2D eigenvalue weighted by Crippen LogP contribution is -2.30. The Balaban J connectivity index is 2.34. The first-order valence-electron chi connectivity index (χ1n) is 6.18. The molecule has 2 rings (SSSR count). The highest BCUT2D eigenvalue weighted by Gasteiger charge is 2.16. The molecule has 0 spiro atoms. The highest BCUT2D eigenvalue weighted by atomic mass is 79.9. The summed E-state index contributed by atoms with van der Waals surface area (Å²) in [7, 11) is 0. The van der Waals surface area contributed by atoms with Gasteiger partial charge in [-0.1, -0.05) is 44.0 Å². The highest BCUT2D eigenvalue weighted by molar-refractivity contribution is 9.10. The molecule has 0 saturated heterocycles. The quantitative estimate of drug-likeness (QED) is 0.588. The van der Waals surface area contributed by atoms with Crippen molar-refractivity contribution in [2.24, 2.45) is 5.84 Å². The lowest BCUT2D eigenvalue weighted by Gasteiger charge is -2.20. The van der Waals surface area contributed by atoms with Crippen LogP contribution in [0.3, 0.4) is 0 Å². The van der Waals surface area contributed by atoms with Crippen LogP contribution in [0.15, 0.2) is 45.3 Å². The Labute approximate surface area is 134 Å². The molecule has 0 saturated carbocycles. The molecule has 106 valence electrons. The van der Waals surface area contributed by atoms with Crippen molar-refractivity contribution in [3.05, 3.63) is 67.9 Å². The molecule has 2 aromatic rings. The van der Waals surface area contributed by atoms with Gasteiger partial charge in [-0.25, -0.2) is 4.39 Å². The zero-order valence-electron chi connectivity index (χ0n) is 11.0. The summed E-state index contributed by atoms with van der Waals surface area (Å²) in [6.45, 7) is 2.01. The zero-order chi connectivity index (χ0) is 14.7. The fraction of sp³-hybridized carbons (Fsp3) is 0.200. The van der Waals surface area contributed by atoms with E-state index in [1.54, 1.807) is 12.1 Å². The third-order valence-corrected chi connectivity index (χ3v) is 4.67. The number of halogens is 3. The molecular weight excluding hydrogens is 387 g/mol. The van der Waals surface area contributed by atoms with Crippen LogP contribution >= 0.6 is 31.9 Å². The van der Waals surface area contributed by atoms with Gasteiger partial charge in [0.05, 0.1) is 6.04 Å². The third-order valence-electron chi connectivity index (χ3n) is 3.32. The minimum absolute atomic E-state index is 0.142. The SMILES string of the molecule is Cc1c(Br)cccc1C(Cc1cc(Br)ccc1F)NN. The fourth-order valence-corrected chi connectivity index (χ4v) is 2.97. The summed E-state index contributed by atoms with van der Waals surface area (Å²) in [5, 5.41) is 0. The second-order valence-electron chi connectivity index (χ2n) is 4.61. The molecule has 0 bridgehead atoms. The third kappa shape index (κ3) is 3.47. The van der Waals surface area contributed by atoms with Crippen molar-refractivity contribution in [1.29, 1.82) is 0 Å². The monoisotopic (exact) mass is 400 g/mol. The van der Waals surface area contributed by atoms with Gasteiger partial charge in [0.1, 0.15) is 5.82 Å². The molecule has 0 radical (unpaired) electrons. The largest absolute Gasteiger partial charge is 0.271 e. The second kappa shape index (κ2) is 6.80. The van der Waals surface area contributed by atoms with Crippen LogP contribution < -0.4 is 11.3 Å². The Kier molecular flexibility index (Phi) is 5.32. The van der Waals surface area contributed by atoms with Gasteiger partial charge in [-0.15, -0.1) is 0 Å². The van der Waals surface area contributed by atoms with Crippen LogP contribution in [0.5, 0.6) is 0 Å². The maximum absolute atomic E-state index is 13.9. The molecule has 2 aromatic carbocycles. The number of hydrazine groups is 1. The maximum Gasteiger partial charge on any atom is 0.126 e. The van der Waals surface area contributed by atoms with Gasteiger partial charge in [0.25, 0.3) is 0 Å². The summed E-state index contributed by atoms with van der Waals surface area (Å²) < 4.78 is 15.7. The van der Waals surface area contributed by atoms with Crippen molar-refractivity contribution in [3.8, 4) is 0 Å². The van der Waals surface area contributed by atoms with E-state index in [1.165, 1.54) is 6.07 Å². The van der Waals surface area contributed by atoms with Gasteiger partial charge >= 0.3 is 0 Å². The lowest BCUT2D eigenvalue weighted by molar-refractivity contribution is 0.527. The summed E-state index contributed by atoms with van der Waals surface area (Å²) in [4.78, 5) is 0. The van der Waals surface area contributed by atoms with Crippen molar-refractivity contribution < 1.29 is 4.39 Å². The first kappa shape index (κ1) is 15.6. The number of hydrogen-bond donors (Lipinski definition) is 2. The first-order chi connectivity index (χ1) is 9.52. The van der Waals surface area contributed by atoms with Gasteiger partial charge < -0.3 is 0 Å². The molecule has 0 amide bonds. The van der Waals surface area contributed by atoms with E-state index in [-0.39, 0.29) is 11.9 Å². The zero-order valence-corrected chi connectivity index (χ0v) is 14.1. The van der Waals surface area contributed by atoms with E-state index in [2.05, 4.69) is 37.3 Å². The summed E-state index contributed by atoms with van der Waals surface area (Å²) in [6, 6.07) is 10.7. The smallest absolute Gasteiger partial charge is 0.126 e. The Hall–Kier alpha value is -0.750. The average molecular weight is 402 g/mol. The average Bonchev–Trinajstić information content (AvgIpc) is 2.43. The molecular formula is C15H15Br2FN2. The van der Waals surface area contributed by atoms with Crippen LogP contribution in [0.4, 0.5) is 4.39 Å². The van der Waals surface area contributed by atoms with E-state index in [1.807, 2.05) is 25.1 Å². The number of benzene rings is 2. The molecule has 0 aliphatic carbocycles. The summed E-state index contributed by atoms with van der Waals surface area (Å²) in [5.74, 6) is 5.44. The van der Waals surface area contributed by atoms with Crippen LogP contribution in [-0.4, -0.2) is 0 Å². The van der Waals surface area contributed by atoms with Gasteiger partial charge in [-0.2, -0.15) is 0 Å². The standard InChI is InChI=1S/C15H15Br2FN2/c1-9-12(3-2-4-13(9)17)15(20-19)8-10-7-11(16)5-6-14(10)18/h2-7,15,20H,8,19H2,1H3. The van der Waals surface area contributed by atoms with Gasteiger partial charge in [0.2, 0.25) is 0 Å². The highest BCUT2D eigenvalue weighted by Crippen LogP contribution is 2.28. The summed E-state index contributed by atoms with van der Waals surface area (Å²) in [5.41, 5.74) is 5.56. The molecule has 0 aliphatic heterocycles. The fourth-order valence-electron chi connectivity index (χ4n) is 2.18. The molecule has 1 unspecified atom stereocenters. The molecule has 5 heteroatoms. The topological polar surface area (TPSA) is 38.0 Å². The van der Waals surface area contributed by atoms with Crippen LogP contribution in [0, 0.1) is 12.7 Å². The van der Waals surface area contributed by atoms with Crippen LogP contribution in [0.2, 0.25) is 0 Å². The molecule has 1 atom stereocenters. The molecule has 0 fully saturated rings. The van der Waals surface area contributed by atoms with Gasteiger partial charge in [0, 0.05) is 8.95 Å². The minimum Gasteiger partial charge on any atom is -0.271 e. The second-order valence-corrected chi connectivity index (χ2v) is 6.38. The molecule has 2 nitrogen and oxygen atoms in total. The van der Waals surface area contributed by atoms with Gasteiger partial charge in [0.15, 0.2) is 0 Å². The number of nitrogens with one attached hydrogen (secondary N) is 1. The van der Waals surface area contributed by atoms with Crippen LogP contribution in [0.1, 0.15) is 22.7 Å². The molecule has 0 aromatic heterocycles. The Morgan fingerprint density at radius 2 is 2.00 bits per heavy atom. The van der Waals surface area contributed by atoms with Crippen LogP contribution in [0.25, 0.3) is 0 Å². The van der Waals surface area contributed by atoms with E-state index >= 15 is 0 Å². The number of nitrogens with two attached hydrogens (primary N) is 1. The van der Waals surface area contributed by atoms with Crippen molar-refractivity contribution >= 4 is 31.9 Å². The predicted molar refractivity (Wildman–Crippen MR) is 86.7 cm³/mol. The Morgan fingerprint density at radius 3 is 2.70 bits per heavy atom. The Morgan fingerprint density at radius 1 is 1.25 bits per heavy atom. The predicted octanol–water partition coefficient (Wildman–Crippen LogP) is 4.41. The molecule has 0 aliphatic rings. The maximum atomic E-state index is 13.9. The Bertz CT molecular complexity index is 617. The van der Waals surface area contributed by atoms with Gasteiger partial charge in [-0.05, 0) is 54.3 Å². The number of rotatable bonds is 4. The van der Waals surface area contributed by atoms with Crippen molar-refractivity contribution in [2.45, 2.75) is 19.4 Å². The van der Waals surface area contributed by atoms with Gasteiger partial charge in [-0.3, -0.25) is 11.3 Å². The van der Waals surface area contributed by atoms with Crippen molar-refractivity contribution in [2.75, 3.05) is 0 Å². The summed E-state index contributed by atoms with van der Waals surface area (Å²) >= 11 is 6.87. The normalized spacial score (nSPS) is 12.4. The molecule has 0 heterocycles. The first-order valence-corrected chi connectivity index (χ1v) is 7.76. The van der Waals surface area contributed by atoms with E-state index in [0.29, 0.717) is 12.0 Å². The lowest BCUT2D eigenvalue weighted by atomic mass is 9.95. The van der Waals surface area contributed by atoms with Crippen molar-refractivity contribution in [3.63, 3.8) is 0 Å². The van der Waals surface area contributed by atoms with E-state index < -0.39 is 0 Å². The summed E-state index contributed by atoms with van der Waals surface area (Å²) in [6.07, 6.45) is 0.485. The van der Waals surface area contributed by atoms with E-state index in [9.17, 15) is 4.39 Å². The van der Waals surface area contributed by atoms with E-state index in [0.717, 1.165) is 20.1 Å². The molecule has 20 heavy (non-hydrogen) atoms.